The molecule has 5 nitrogen and oxygen atoms in total. The van der Waals surface area contributed by atoms with Crippen molar-refractivity contribution in [2.45, 2.75) is 6.61 Å². The number of halogens is 1. The second-order valence-electron chi connectivity index (χ2n) is 1.80. The fraction of sp³-hybridized carbons (Fsp3) is 0.200. The summed E-state index contributed by atoms with van der Waals surface area (Å²) in [7, 11) is 0. The first kappa shape index (κ1) is 9.53. The fourth-order valence-corrected chi connectivity index (χ4v) is 0.820. The van der Waals surface area contributed by atoms with Crippen LogP contribution in [0.5, 0.6) is 0 Å². The van der Waals surface area contributed by atoms with Crippen molar-refractivity contribution in [3.05, 3.63) is 23.2 Å². The average Bonchev–Trinajstić information content (AvgIpc) is 2.03. The van der Waals surface area contributed by atoms with Gasteiger partial charge in [-0.05, 0) is 0 Å². The first-order valence-corrected chi connectivity index (χ1v) is 4.30. The van der Waals surface area contributed by atoms with Gasteiger partial charge in [0, 0.05) is 12.4 Å². The van der Waals surface area contributed by atoms with E-state index in [2.05, 4.69) is 14.2 Å². The summed E-state index contributed by atoms with van der Waals surface area (Å²) >= 11 is 3.21. The van der Waals surface area contributed by atoms with Gasteiger partial charge >= 0.3 is 11.4 Å². The Morgan fingerprint density at radius 2 is 2.17 bits per heavy atom. The summed E-state index contributed by atoms with van der Waals surface area (Å²) < 4.78 is 22.6. The Morgan fingerprint density at radius 1 is 1.58 bits per heavy atom. The number of hydrogen-bond donors (Lipinski definition) is 1. The Labute approximate surface area is 76.2 Å². The van der Waals surface area contributed by atoms with Crippen molar-refractivity contribution in [1.82, 2.24) is 9.97 Å². The van der Waals surface area contributed by atoms with Crippen LogP contribution in [0, 0.1) is 0 Å². The number of aromatic nitrogens is 2. The first-order valence-electron chi connectivity index (χ1n) is 2.89. The van der Waals surface area contributed by atoms with Gasteiger partial charge in [-0.15, -0.1) is 0 Å². The first-order chi connectivity index (χ1) is 5.68. The van der Waals surface area contributed by atoms with Crippen LogP contribution in [-0.2, 0) is 22.2 Å². The molecule has 12 heavy (non-hydrogen) atoms. The van der Waals surface area contributed by atoms with Crippen LogP contribution in [0.3, 0.4) is 0 Å². The molecule has 0 radical (unpaired) electrons. The molecule has 0 aliphatic carbocycles. The predicted molar refractivity (Wildman–Crippen MR) is 42.6 cm³/mol. The monoisotopic (exact) mass is 208 g/mol. The summed E-state index contributed by atoms with van der Waals surface area (Å²) in [5.41, 5.74) is 0. The molecule has 1 atom stereocenters. The number of hydrogen-bond acceptors (Lipinski definition) is 4. The van der Waals surface area contributed by atoms with Crippen LogP contribution in [0.15, 0.2) is 12.4 Å². The van der Waals surface area contributed by atoms with Gasteiger partial charge in [0.1, 0.15) is 6.61 Å². The van der Waals surface area contributed by atoms with Gasteiger partial charge in [-0.3, -0.25) is 8.74 Å². The largest absolute Gasteiger partial charge is 0.302 e. The van der Waals surface area contributed by atoms with Gasteiger partial charge in [0.25, 0.3) is 0 Å². The Morgan fingerprint density at radius 3 is 2.67 bits per heavy atom. The Hall–Kier alpha value is -0.560. The molecule has 0 bridgehead atoms. The van der Waals surface area contributed by atoms with Crippen LogP contribution < -0.4 is 0 Å². The zero-order chi connectivity index (χ0) is 8.97. The van der Waals surface area contributed by atoms with Crippen LogP contribution in [0.25, 0.3) is 0 Å². The summed E-state index contributed by atoms with van der Waals surface area (Å²) in [6.07, 6.45) is 2.76. The van der Waals surface area contributed by atoms with Crippen LogP contribution >= 0.6 is 11.6 Å². The maximum absolute atomic E-state index is 10.0. The maximum atomic E-state index is 10.0. The third kappa shape index (κ3) is 3.22. The van der Waals surface area contributed by atoms with E-state index >= 15 is 0 Å². The van der Waals surface area contributed by atoms with Gasteiger partial charge in [-0.1, -0.05) is 11.6 Å². The molecule has 1 heterocycles. The quantitative estimate of drug-likeness (QED) is 0.744. The molecule has 7 heteroatoms. The van der Waals surface area contributed by atoms with E-state index in [-0.39, 0.29) is 6.61 Å². The second-order valence-corrected chi connectivity index (χ2v) is 2.90. The highest BCUT2D eigenvalue weighted by atomic mass is 35.5. The van der Waals surface area contributed by atoms with E-state index in [1.807, 2.05) is 0 Å². The molecule has 0 amide bonds. The molecule has 0 aliphatic heterocycles. The SMILES string of the molecule is O=S(O)OCc1ncc(Cl)cn1. The fourth-order valence-electron chi connectivity index (χ4n) is 0.517. The van der Waals surface area contributed by atoms with Crippen molar-refractivity contribution in [1.29, 1.82) is 0 Å². The molecule has 66 valence electrons. The van der Waals surface area contributed by atoms with Gasteiger partial charge in [0.15, 0.2) is 5.82 Å². The minimum Gasteiger partial charge on any atom is -0.284 e. The molecule has 0 aromatic carbocycles. The van der Waals surface area contributed by atoms with Crippen molar-refractivity contribution in [2.75, 3.05) is 0 Å². The highest BCUT2D eigenvalue weighted by molar-refractivity contribution is 7.74. The zero-order valence-corrected chi connectivity index (χ0v) is 7.38. The molecule has 1 rings (SSSR count). The van der Waals surface area contributed by atoms with E-state index in [1.54, 1.807) is 0 Å². The van der Waals surface area contributed by atoms with Crippen molar-refractivity contribution < 1.29 is 12.9 Å². The molecule has 0 saturated carbocycles. The lowest BCUT2D eigenvalue weighted by Gasteiger charge is -1.96. The van der Waals surface area contributed by atoms with Crippen LogP contribution in [0.2, 0.25) is 5.02 Å². The zero-order valence-electron chi connectivity index (χ0n) is 5.81. The molecule has 1 N–H and O–H groups in total. The standard InChI is InChI=1S/C5H5ClN2O3S/c6-4-1-7-5(8-2-4)3-11-12(9)10/h1-2H,3H2,(H,9,10). The van der Waals surface area contributed by atoms with E-state index in [0.29, 0.717) is 10.8 Å². The summed E-state index contributed by atoms with van der Waals surface area (Å²) in [5.74, 6) is 0.307. The Bertz CT molecular complexity index is 279. The highest BCUT2D eigenvalue weighted by Crippen LogP contribution is 2.03. The van der Waals surface area contributed by atoms with Crippen molar-refractivity contribution >= 4 is 23.0 Å². The molecular formula is C5H5ClN2O3S. The van der Waals surface area contributed by atoms with Gasteiger partial charge in [0.05, 0.1) is 5.02 Å². The maximum Gasteiger partial charge on any atom is 0.302 e. The van der Waals surface area contributed by atoms with Crippen molar-refractivity contribution in [3.63, 3.8) is 0 Å². The molecule has 0 aliphatic rings. The molecule has 1 unspecified atom stereocenters. The van der Waals surface area contributed by atoms with Crippen molar-refractivity contribution in [2.24, 2.45) is 0 Å². The van der Waals surface area contributed by atoms with Crippen LogP contribution in [0.1, 0.15) is 5.82 Å². The molecule has 1 aromatic heterocycles. The van der Waals surface area contributed by atoms with Crippen molar-refractivity contribution in [3.8, 4) is 0 Å². The predicted octanol–water partition coefficient (Wildman–Crippen LogP) is 0.783. The van der Waals surface area contributed by atoms with Gasteiger partial charge < -0.3 is 0 Å². The topological polar surface area (TPSA) is 72.3 Å². The number of rotatable bonds is 3. The molecular weight excluding hydrogens is 204 g/mol. The Balaban J connectivity index is 2.53. The third-order valence-electron chi connectivity index (χ3n) is 0.963. The summed E-state index contributed by atoms with van der Waals surface area (Å²) in [6, 6.07) is 0. The molecule has 1 aromatic rings. The number of nitrogens with zero attached hydrogens (tertiary/aromatic N) is 2. The third-order valence-corrected chi connectivity index (χ3v) is 1.48. The lowest BCUT2D eigenvalue weighted by atomic mass is 10.6. The van der Waals surface area contributed by atoms with E-state index < -0.39 is 11.4 Å². The summed E-state index contributed by atoms with van der Waals surface area (Å²) in [4.78, 5) is 7.47. The summed E-state index contributed by atoms with van der Waals surface area (Å²) in [5, 5.41) is 0.406. The van der Waals surface area contributed by atoms with E-state index in [4.69, 9.17) is 16.2 Å². The average molecular weight is 209 g/mol. The lowest BCUT2D eigenvalue weighted by Crippen LogP contribution is -2.00. The minimum absolute atomic E-state index is 0.111. The summed E-state index contributed by atoms with van der Waals surface area (Å²) in [6.45, 7) is -0.111. The minimum atomic E-state index is -2.28. The van der Waals surface area contributed by atoms with E-state index in [0.717, 1.165) is 0 Å². The van der Waals surface area contributed by atoms with E-state index in [1.165, 1.54) is 12.4 Å². The van der Waals surface area contributed by atoms with Gasteiger partial charge in [-0.25, -0.2) is 9.97 Å². The normalized spacial score (nSPS) is 12.8. The molecule has 0 spiro atoms. The molecule has 0 fully saturated rings. The van der Waals surface area contributed by atoms with Crippen LogP contribution in [0.4, 0.5) is 0 Å². The van der Waals surface area contributed by atoms with E-state index in [9.17, 15) is 4.21 Å². The molecule has 0 saturated heterocycles. The highest BCUT2D eigenvalue weighted by Gasteiger charge is 1.98. The lowest BCUT2D eigenvalue weighted by molar-refractivity contribution is 0.288. The van der Waals surface area contributed by atoms with Gasteiger partial charge in [-0.2, -0.15) is 4.21 Å². The second kappa shape index (κ2) is 4.46. The smallest absolute Gasteiger partial charge is 0.284 e. The van der Waals surface area contributed by atoms with Crippen LogP contribution in [-0.4, -0.2) is 18.7 Å². The Kier molecular flexibility index (Phi) is 3.54. The van der Waals surface area contributed by atoms with Gasteiger partial charge in [0.2, 0.25) is 0 Å².